The van der Waals surface area contributed by atoms with Crippen molar-refractivity contribution in [3.8, 4) is 10.6 Å². The fourth-order valence-corrected chi connectivity index (χ4v) is 4.07. The Morgan fingerprint density at radius 2 is 1.96 bits per heavy atom. The van der Waals surface area contributed by atoms with Crippen LogP contribution in [0.1, 0.15) is 56.3 Å². The number of amides is 1. The minimum absolute atomic E-state index is 0.0251. The molecule has 0 radical (unpaired) electrons. The van der Waals surface area contributed by atoms with E-state index in [4.69, 9.17) is 4.99 Å². The highest BCUT2D eigenvalue weighted by Gasteiger charge is 2.13. The maximum absolute atomic E-state index is 12.1. The fourth-order valence-electron chi connectivity index (χ4n) is 3.11. The summed E-state index contributed by atoms with van der Waals surface area (Å²) in [5.74, 6) is 0.419. The van der Waals surface area contributed by atoms with Gasteiger partial charge in [0.1, 0.15) is 5.01 Å². The second-order valence-corrected chi connectivity index (χ2v) is 8.37. The van der Waals surface area contributed by atoms with Gasteiger partial charge in [-0.15, -0.1) is 0 Å². The summed E-state index contributed by atoms with van der Waals surface area (Å²) in [6.45, 7) is 4.86. The average Bonchev–Trinajstić information content (AvgIpc) is 3.01. The van der Waals surface area contributed by atoms with E-state index >= 15 is 0 Å². The first kappa shape index (κ1) is 18.8. The van der Waals surface area contributed by atoms with Crippen LogP contribution in [0.25, 0.3) is 10.6 Å². The van der Waals surface area contributed by atoms with Crippen LogP contribution < -0.4 is 10.1 Å². The van der Waals surface area contributed by atoms with Crippen molar-refractivity contribution in [2.75, 3.05) is 6.54 Å². The van der Waals surface area contributed by atoms with Crippen molar-refractivity contribution in [1.29, 1.82) is 0 Å². The average molecular weight is 373 g/mol. The van der Waals surface area contributed by atoms with Crippen LogP contribution in [0.2, 0.25) is 0 Å². The first-order valence-electron chi connectivity index (χ1n) is 9.49. The van der Waals surface area contributed by atoms with E-state index in [1.54, 1.807) is 11.3 Å². The highest BCUT2D eigenvalue weighted by Crippen LogP contribution is 2.22. The van der Waals surface area contributed by atoms with Crippen molar-refractivity contribution in [2.24, 2.45) is 18.0 Å². The van der Waals surface area contributed by atoms with Crippen molar-refractivity contribution in [1.82, 2.24) is 15.1 Å². The van der Waals surface area contributed by atoms with Crippen LogP contribution in [0.15, 0.2) is 29.3 Å². The minimum atomic E-state index is -0.0251. The number of rotatable bonds is 5. The van der Waals surface area contributed by atoms with E-state index in [2.05, 4.69) is 24.3 Å². The van der Waals surface area contributed by atoms with Crippen LogP contribution in [0.4, 0.5) is 0 Å². The van der Waals surface area contributed by atoms with Gasteiger partial charge in [0.15, 0.2) is 0 Å². The van der Waals surface area contributed by atoms with Gasteiger partial charge in [-0.2, -0.15) is 5.10 Å². The van der Waals surface area contributed by atoms with Gasteiger partial charge in [0, 0.05) is 24.7 Å². The Morgan fingerprint density at radius 3 is 2.62 bits per heavy atom. The number of nitrogens with one attached hydrogen (secondary N) is 1. The second kappa shape index (κ2) is 8.62. The van der Waals surface area contributed by atoms with Gasteiger partial charge in [-0.1, -0.05) is 56.6 Å². The lowest BCUT2D eigenvalue weighted by Gasteiger charge is -2.16. The smallest absolute Gasteiger partial charge is 0.251 e. The zero-order valence-electron chi connectivity index (χ0n) is 15.9. The molecule has 1 heterocycles. The third-order valence-electron chi connectivity index (χ3n) is 4.64. The zero-order valence-corrected chi connectivity index (χ0v) is 16.7. The van der Waals surface area contributed by atoms with Gasteiger partial charge in [-0.25, -0.2) is 4.68 Å². The minimum Gasteiger partial charge on any atom is -0.352 e. The first-order chi connectivity index (χ1) is 12.5. The third-order valence-corrected chi connectivity index (χ3v) is 5.70. The highest BCUT2D eigenvalue weighted by molar-refractivity contribution is 7.12. The quantitative estimate of drug-likeness (QED) is 0.868. The molecule has 0 atom stereocenters. The van der Waals surface area contributed by atoms with Crippen LogP contribution in [0, 0.1) is 5.92 Å². The molecule has 1 N–H and O–H groups in total. The molecular formula is C20H28N4OS. The summed E-state index contributed by atoms with van der Waals surface area (Å²) in [6.07, 6.45) is 6.28. The van der Waals surface area contributed by atoms with E-state index in [0.717, 1.165) is 15.4 Å². The molecule has 1 aromatic carbocycles. The first-order valence-corrected chi connectivity index (χ1v) is 10.3. The van der Waals surface area contributed by atoms with E-state index in [9.17, 15) is 4.79 Å². The highest BCUT2D eigenvalue weighted by atomic mass is 32.1. The summed E-state index contributed by atoms with van der Waals surface area (Å²) in [7, 11) is 1.95. The van der Waals surface area contributed by atoms with Gasteiger partial charge in [-0.3, -0.25) is 9.79 Å². The summed E-state index contributed by atoms with van der Waals surface area (Å²) in [6, 6.07) is 8.10. The van der Waals surface area contributed by atoms with Crippen LogP contribution in [0.3, 0.4) is 0 Å². The van der Waals surface area contributed by atoms with Gasteiger partial charge < -0.3 is 5.32 Å². The van der Waals surface area contributed by atoms with Crippen molar-refractivity contribution >= 4 is 17.2 Å². The topological polar surface area (TPSA) is 59.3 Å². The summed E-state index contributed by atoms with van der Waals surface area (Å²) in [5.41, 5.74) is 1.71. The fraction of sp³-hybridized carbons (Fsp3) is 0.550. The third kappa shape index (κ3) is 4.81. The molecule has 0 spiro atoms. The van der Waals surface area contributed by atoms with E-state index in [0.29, 0.717) is 24.1 Å². The normalized spacial score (nSPS) is 16.2. The number of nitrogens with zero attached hydrogens (tertiary/aromatic N) is 3. The molecule has 2 aromatic rings. The zero-order chi connectivity index (χ0) is 18.5. The van der Waals surface area contributed by atoms with Gasteiger partial charge in [0.25, 0.3) is 5.91 Å². The number of aromatic nitrogens is 2. The van der Waals surface area contributed by atoms with Crippen molar-refractivity contribution < 1.29 is 4.79 Å². The Labute approximate surface area is 159 Å². The van der Waals surface area contributed by atoms with Crippen molar-refractivity contribution in [3.63, 3.8) is 0 Å². The van der Waals surface area contributed by atoms with Crippen molar-refractivity contribution in [2.45, 2.75) is 52.0 Å². The predicted octanol–water partition coefficient (Wildman–Crippen LogP) is 3.77. The molecule has 1 fully saturated rings. The van der Waals surface area contributed by atoms with E-state index in [1.807, 2.05) is 36.0 Å². The van der Waals surface area contributed by atoms with Gasteiger partial charge in [0.05, 0.1) is 6.04 Å². The molecule has 140 valence electrons. The van der Waals surface area contributed by atoms with Gasteiger partial charge >= 0.3 is 0 Å². The molecule has 26 heavy (non-hydrogen) atoms. The number of carbonyl (C=O) groups excluding carboxylic acids is 1. The Morgan fingerprint density at radius 1 is 1.27 bits per heavy atom. The van der Waals surface area contributed by atoms with E-state index in [-0.39, 0.29) is 5.91 Å². The number of hydrogen-bond acceptors (Lipinski definition) is 4. The van der Waals surface area contributed by atoms with E-state index < -0.39 is 0 Å². The maximum atomic E-state index is 12.1. The molecule has 6 heteroatoms. The van der Waals surface area contributed by atoms with Crippen molar-refractivity contribution in [3.05, 3.63) is 34.6 Å². The molecular weight excluding hydrogens is 344 g/mol. The summed E-state index contributed by atoms with van der Waals surface area (Å²) < 4.78 is 1.87. The number of hydrogen-bond donors (Lipinski definition) is 1. The number of carbonyl (C=O) groups is 1. The molecule has 1 saturated carbocycles. The second-order valence-electron chi connectivity index (χ2n) is 7.42. The summed E-state index contributed by atoms with van der Waals surface area (Å²) in [5, 5.41) is 8.51. The van der Waals surface area contributed by atoms with Crippen LogP contribution in [-0.2, 0) is 7.05 Å². The maximum Gasteiger partial charge on any atom is 0.251 e. The molecule has 0 bridgehead atoms. The Hall–Kier alpha value is -1.95. The van der Waals surface area contributed by atoms with Gasteiger partial charge in [-0.05, 0) is 30.9 Å². The van der Waals surface area contributed by atoms with Crippen LogP contribution in [0.5, 0.6) is 0 Å². The molecule has 0 aliphatic heterocycles. The molecule has 1 aromatic heterocycles. The molecule has 1 aliphatic carbocycles. The number of aryl methyl sites for hydroxylation is 1. The largest absolute Gasteiger partial charge is 0.352 e. The Bertz CT molecular complexity index is 798. The molecule has 1 aliphatic rings. The Kier molecular flexibility index (Phi) is 6.25. The lowest BCUT2D eigenvalue weighted by molar-refractivity contribution is 0.0949. The molecule has 0 unspecified atom stereocenters. The summed E-state index contributed by atoms with van der Waals surface area (Å²) in [4.78, 5) is 18.0. The lowest BCUT2D eigenvalue weighted by atomic mass is 9.96. The van der Waals surface area contributed by atoms with Crippen LogP contribution >= 0.6 is 11.3 Å². The summed E-state index contributed by atoms with van der Waals surface area (Å²) >= 11 is 1.62. The standard InChI is InChI=1S/C20H28N4OS/c1-14(2)13-21-18(25)15-9-11-16(12-10-15)19-23-24(3)20(26-19)22-17-7-5-4-6-8-17/h9-12,14,17H,4-8,13H2,1-3H3,(H,21,25). The van der Waals surface area contributed by atoms with Gasteiger partial charge in [0.2, 0.25) is 4.80 Å². The monoisotopic (exact) mass is 372 g/mol. The van der Waals surface area contributed by atoms with E-state index in [1.165, 1.54) is 32.1 Å². The SMILES string of the molecule is CC(C)CNC(=O)c1ccc(-c2nn(C)c(=NC3CCCCC3)s2)cc1. The Balaban J connectivity index is 1.74. The molecule has 0 saturated heterocycles. The van der Waals surface area contributed by atoms with Crippen LogP contribution in [-0.4, -0.2) is 28.3 Å². The number of benzene rings is 1. The predicted molar refractivity (Wildman–Crippen MR) is 106 cm³/mol. The molecule has 5 nitrogen and oxygen atoms in total. The molecule has 3 rings (SSSR count). The molecule has 1 amide bonds. The lowest BCUT2D eigenvalue weighted by Crippen LogP contribution is -2.27.